The zero-order chi connectivity index (χ0) is 11.5. The van der Waals surface area contributed by atoms with Crippen molar-refractivity contribution in [2.45, 2.75) is 19.3 Å². The van der Waals surface area contributed by atoms with Gasteiger partial charge in [-0.25, -0.2) is 4.79 Å². The van der Waals surface area contributed by atoms with E-state index in [1.54, 1.807) is 0 Å². The van der Waals surface area contributed by atoms with Crippen molar-refractivity contribution in [3.63, 3.8) is 0 Å². The fourth-order valence-electron chi connectivity index (χ4n) is 1.24. The number of nitrogens with two attached hydrogens (primary N) is 1. The number of hydrogen-bond acceptors (Lipinski definition) is 2. The normalized spacial score (nSPS) is 11.1. The largest absolute Gasteiger partial charge is 0.449 e. The van der Waals surface area contributed by atoms with Gasteiger partial charge in [0.15, 0.2) is 0 Å². The van der Waals surface area contributed by atoms with E-state index in [1.807, 2.05) is 38.1 Å². The first-order valence-corrected chi connectivity index (χ1v) is 5.39. The Balaban J connectivity index is 2.76. The molecule has 0 spiro atoms. The smallest absolute Gasteiger partial charge is 0.404 e. The molecule has 0 heterocycles. The van der Waals surface area contributed by atoms with Crippen LogP contribution in [0.2, 0.25) is 0 Å². The van der Waals surface area contributed by atoms with Crippen molar-refractivity contribution in [2.24, 2.45) is 5.73 Å². The molecule has 1 rings (SSSR count). The van der Waals surface area contributed by atoms with Gasteiger partial charge in [0.05, 0.1) is 0 Å². The number of amides is 1. The lowest BCUT2D eigenvalue weighted by molar-refractivity contribution is 0.133. The summed E-state index contributed by atoms with van der Waals surface area (Å²) in [5.74, 6) is 0. The van der Waals surface area contributed by atoms with E-state index in [1.165, 1.54) is 0 Å². The monoisotopic (exact) mass is 271 g/mol. The highest BCUT2D eigenvalue weighted by Crippen LogP contribution is 2.24. The van der Waals surface area contributed by atoms with Gasteiger partial charge in [-0.2, -0.15) is 0 Å². The van der Waals surface area contributed by atoms with E-state index >= 15 is 0 Å². The van der Waals surface area contributed by atoms with Crippen LogP contribution in [-0.2, 0) is 10.2 Å². The molecule has 15 heavy (non-hydrogen) atoms. The molecular weight excluding hydrogens is 258 g/mol. The van der Waals surface area contributed by atoms with E-state index in [4.69, 9.17) is 10.5 Å². The van der Waals surface area contributed by atoms with Crippen LogP contribution in [-0.4, -0.2) is 12.7 Å². The first-order chi connectivity index (χ1) is 6.92. The topological polar surface area (TPSA) is 52.3 Å². The highest BCUT2D eigenvalue weighted by atomic mass is 79.9. The van der Waals surface area contributed by atoms with Crippen LogP contribution >= 0.6 is 15.9 Å². The van der Waals surface area contributed by atoms with Crippen molar-refractivity contribution in [2.75, 3.05) is 6.61 Å². The molecule has 0 aliphatic rings. The van der Waals surface area contributed by atoms with Gasteiger partial charge >= 0.3 is 6.09 Å². The Labute approximate surface area is 97.7 Å². The number of rotatable bonds is 3. The lowest BCUT2D eigenvalue weighted by Gasteiger charge is -2.24. The predicted octanol–water partition coefficient (Wildman–Crippen LogP) is 2.82. The summed E-state index contributed by atoms with van der Waals surface area (Å²) in [6.07, 6.45) is -0.736. The molecule has 0 atom stereocenters. The third kappa shape index (κ3) is 3.55. The highest BCUT2D eigenvalue weighted by Gasteiger charge is 2.22. The van der Waals surface area contributed by atoms with E-state index < -0.39 is 6.09 Å². The predicted molar refractivity (Wildman–Crippen MR) is 62.7 cm³/mol. The van der Waals surface area contributed by atoms with Gasteiger partial charge in [-0.3, -0.25) is 0 Å². The van der Waals surface area contributed by atoms with Gasteiger partial charge in [0.1, 0.15) is 6.61 Å². The van der Waals surface area contributed by atoms with Crippen LogP contribution < -0.4 is 5.73 Å². The van der Waals surface area contributed by atoms with Crippen LogP contribution in [0, 0.1) is 0 Å². The van der Waals surface area contributed by atoms with Gasteiger partial charge in [-0.1, -0.05) is 41.9 Å². The summed E-state index contributed by atoms with van der Waals surface area (Å²) in [5, 5.41) is 0. The number of halogens is 1. The second kappa shape index (κ2) is 4.66. The second-order valence-corrected chi connectivity index (χ2v) is 4.91. The first-order valence-electron chi connectivity index (χ1n) is 4.60. The molecule has 0 aliphatic heterocycles. The van der Waals surface area contributed by atoms with E-state index in [9.17, 15) is 4.79 Å². The third-order valence-corrected chi connectivity index (χ3v) is 2.73. The van der Waals surface area contributed by atoms with Gasteiger partial charge < -0.3 is 10.5 Å². The van der Waals surface area contributed by atoms with Crippen molar-refractivity contribution in [1.29, 1.82) is 0 Å². The molecule has 0 fully saturated rings. The fraction of sp³-hybridized carbons (Fsp3) is 0.364. The molecule has 2 N–H and O–H groups in total. The van der Waals surface area contributed by atoms with Crippen LogP contribution in [0.25, 0.3) is 0 Å². The molecule has 1 aromatic carbocycles. The number of carbonyl (C=O) groups excluding carboxylic acids is 1. The van der Waals surface area contributed by atoms with E-state index in [-0.39, 0.29) is 12.0 Å². The molecule has 0 saturated heterocycles. The average Bonchev–Trinajstić information content (AvgIpc) is 2.16. The summed E-state index contributed by atoms with van der Waals surface area (Å²) >= 11 is 3.37. The molecule has 1 aromatic rings. The maximum atomic E-state index is 10.5. The molecule has 0 aromatic heterocycles. The average molecular weight is 272 g/mol. The van der Waals surface area contributed by atoms with Crippen LogP contribution in [0.5, 0.6) is 0 Å². The summed E-state index contributed by atoms with van der Waals surface area (Å²) in [5.41, 5.74) is 5.81. The molecule has 0 radical (unpaired) electrons. The van der Waals surface area contributed by atoms with Crippen molar-refractivity contribution in [1.82, 2.24) is 0 Å². The number of primary amides is 1. The van der Waals surface area contributed by atoms with Crippen LogP contribution in [0.4, 0.5) is 4.79 Å². The molecule has 82 valence electrons. The molecule has 1 amide bonds. The first kappa shape index (κ1) is 12.0. The number of ether oxygens (including phenoxy) is 1. The van der Waals surface area contributed by atoms with Crippen LogP contribution in [0.1, 0.15) is 19.4 Å². The number of benzene rings is 1. The van der Waals surface area contributed by atoms with Crippen molar-refractivity contribution in [3.05, 3.63) is 34.3 Å². The Morgan fingerprint density at radius 3 is 2.40 bits per heavy atom. The van der Waals surface area contributed by atoms with Gasteiger partial charge in [0.2, 0.25) is 0 Å². The number of carbonyl (C=O) groups is 1. The lowest BCUT2D eigenvalue weighted by atomic mass is 9.86. The molecule has 3 nitrogen and oxygen atoms in total. The molecule has 0 bridgehead atoms. The van der Waals surface area contributed by atoms with Gasteiger partial charge in [-0.15, -0.1) is 0 Å². The Hall–Kier alpha value is -1.03. The Bertz CT molecular complexity index is 346. The Kier molecular flexibility index (Phi) is 3.74. The van der Waals surface area contributed by atoms with Crippen molar-refractivity contribution >= 4 is 22.0 Å². The van der Waals surface area contributed by atoms with Gasteiger partial charge in [0, 0.05) is 9.89 Å². The third-order valence-electron chi connectivity index (χ3n) is 2.20. The molecule has 4 heteroatoms. The lowest BCUT2D eigenvalue weighted by Crippen LogP contribution is -2.28. The van der Waals surface area contributed by atoms with Crippen LogP contribution in [0.3, 0.4) is 0 Å². The van der Waals surface area contributed by atoms with Gasteiger partial charge in [-0.05, 0) is 17.7 Å². The van der Waals surface area contributed by atoms with E-state index in [0.717, 1.165) is 10.0 Å². The van der Waals surface area contributed by atoms with Crippen molar-refractivity contribution < 1.29 is 9.53 Å². The summed E-state index contributed by atoms with van der Waals surface area (Å²) in [6.45, 7) is 4.28. The molecule has 0 unspecified atom stereocenters. The molecular formula is C11H14BrNO2. The maximum absolute atomic E-state index is 10.5. The fourth-order valence-corrected chi connectivity index (χ4v) is 1.50. The standard InChI is InChI=1S/C11H14BrNO2/c1-11(2,7-15-10(13)14)8-3-5-9(12)6-4-8/h3-6H,7H2,1-2H3,(H2,13,14). The summed E-state index contributed by atoms with van der Waals surface area (Å²) in [7, 11) is 0. The minimum absolute atomic E-state index is 0.226. The minimum Gasteiger partial charge on any atom is -0.449 e. The molecule has 0 aliphatic carbocycles. The van der Waals surface area contributed by atoms with Crippen LogP contribution in [0.15, 0.2) is 28.7 Å². The highest BCUT2D eigenvalue weighted by molar-refractivity contribution is 9.10. The zero-order valence-electron chi connectivity index (χ0n) is 8.79. The number of hydrogen-bond donors (Lipinski definition) is 1. The maximum Gasteiger partial charge on any atom is 0.404 e. The van der Waals surface area contributed by atoms with Crippen molar-refractivity contribution in [3.8, 4) is 0 Å². The second-order valence-electron chi connectivity index (χ2n) is 4.00. The molecule has 0 saturated carbocycles. The Morgan fingerprint density at radius 1 is 1.40 bits per heavy atom. The summed E-state index contributed by atoms with van der Waals surface area (Å²) in [6, 6.07) is 7.91. The SMILES string of the molecule is CC(C)(COC(N)=O)c1ccc(Br)cc1. The van der Waals surface area contributed by atoms with Gasteiger partial charge in [0.25, 0.3) is 0 Å². The summed E-state index contributed by atoms with van der Waals surface area (Å²) < 4.78 is 5.84. The zero-order valence-corrected chi connectivity index (χ0v) is 10.4. The Morgan fingerprint density at radius 2 is 1.93 bits per heavy atom. The van der Waals surface area contributed by atoms with E-state index in [0.29, 0.717) is 0 Å². The quantitative estimate of drug-likeness (QED) is 0.919. The summed E-state index contributed by atoms with van der Waals surface area (Å²) in [4.78, 5) is 10.5. The minimum atomic E-state index is -0.736. The van der Waals surface area contributed by atoms with E-state index in [2.05, 4.69) is 15.9 Å².